The molecule has 1 heterocycles. The molecule has 0 radical (unpaired) electrons. The number of nitrogens with one attached hydrogen (secondary N) is 2. The molecule has 0 saturated heterocycles. The molecular formula is C11H19N5O2. The lowest BCUT2D eigenvalue weighted by atomic mass is 10.1. The first-order valence-corrected chi connectivity index (χ1v) is 5.73. The van der Waals surface area contributed by atoms with E-state index in [4.69, 9.17) is 5.73 Å². The number of carbonyl (C=O) groups excluding carboxylic acids is 2. The van der Waals surface area contributed by atoms with Gasteiger partial charge in [-0.1, -0.05) is 13.8 Å². The molecule has 4 N–H and O–H groups in total. The van der Waals surface area contributed by atoms with E-state index in [9.17, 15) is 9.59 Å². The van der Waals surface area contributed by atoms with Crippen LogP contribution in [0.5, 0.6) is 0 Å². The van der Waals surface area contributed by atoms with Crippen LogP contribution in [-0.2, 0) is 16.1 Å². The first kappa shape index (κ1) is 14.2. The van der Waals surface area contributed by atoms with Gasteiger partial charge in [0.05, 0.1) is 17.9 Å². The fourth-order valence-electron chi connectivity index (χ4n) is 1.27. The molecule has 100 valence electrons. The molecular weight excluding hydrogens is 234 g/mol. The van der Waals surface area contributed by atoms with Crippen LogP contribution in [-0.4, -0.2) is 34.7 Å². The van der Waals surface area contributed by atoms with E-state index in [1.807, 2.05) is 13.8 Å². The molecule has 1 aromatic heterocycles. The minimum absolute atomic E-state index is 0.0610. The highest BCUT2D eigenvalue weighted by Gasteiger charge is 2.17. The van der Waals surface area contributed by atoms with E-state index in [2.05, 4.69) is 15.7 Å². The summed E-state index contributed by atoms with van der Waals surface area (Å²) >= 11 is 0. The molecule has 1 rings (SSSR count). The van der Waals surface area contributed by atoms with Gasteiger partial charge < -0.3 is 16.4 Å². The third-order valence-electron chi connectivity index (χ3n) is 2.51. The van der Waals surface area contributed by atoms with Gasteiger partial charge in [-0.2, -0.15) is 5.10 Å². The van der Waals surface area contributed by atoms with E-state index in [0.29, 0.717) is 5.69 Å². The Kier molecular flexibility index (Phi) is 4.85. The van der Waals surface area contributed by atoms with E-state index in [-0.39, 0.29) is 24.3 Å². The normalized spacial score (nSPS) is 12.3. The molecule has 7 nitrogen and oxygen atoms in total. The van der Waals surface area contributed by atoms with Crippen LogP contribution in [0.25, 0.3) is 0 Å². The summed E-state index contributed by atoms with van der Waals surface area (Å²) in [6.07, 6.45) is 3.06. The number of nitrogens with two attached hydrogens (primary N) is 1. The lowest BCUT2D eigenvalue weighted by molar-refractivity contribution is -0.121. The Balaban J connectivity index is 2.59. The quantitative estimate of drug-likeness (QED) is 0.661. The number of nitrogens with zero attached hydrogens (tertiary/aromatic N) is 2. The first-order valence-electron chi connectivity index (χ1n) is 5.73. The number of hydrogen-bond donors (Lipinski definition) is 3. The number of anilines is 1. The van der Waals surface area contributed by atoms with Crippen LogP contribution in [0.3, 0.4) is 0 Å². The highest BCUT2D eigenvalue weighted by molar-refractivity contribution is 5.94. The highest BCUT2D eigenvalue weighted by atomic mass is 16.2. The maximum atomic E-state index is 11.7. The zero-order valence-electron chi connectivity index (χ0n) is 10.8. The number of amides is 2. The number of hydrogen-bond acceptors (Lipinski definition) is 4. The summed E-state index contributed by atoms with van der Waals surface area (Å²) in [5.41, 5.74) is 6.24. The summed E-state index contributed by atoms with van der Waals surface area (Å²) in [4.78, 5) is 22.8. The Morgan fingerprint density at radius 3 is 2.72 bits per heavy atom. The number of likely N-dealkylation sites (N-methyl/N-ethyl adjacent to an activating group) is 1. The maximum absolute atomic E-state index is 11.7. The Morgan fingerprint density at radius 2 is 2.17 bits per heavy atom. The predicted octanol–water partition coefficient (Wildman–Crippen LogP) is -0.449. The second kappa shape index (κ2) is 6.15. The minimum atomic E-state index is -0.563. The Bertz CT molecular complexity index is 427. The largest absolute Gasteiger partial charge is 0.358 e. The Hall–Kier alpha value is -1.89. The maximum Gasteiger partial charge on any atom is 0.241 e. The van der Waals surface area contributed by atoms with Crippen molar-refractivity contribution in [2.45, 2.75) is 26.4 Å². The van der Waals surface area contributed by atoms with Crippen molar-refractivity contribution < 1.29 is 9.59 Å². The highest BCUT2D eigenvalue weighted by Crippen LogP contribution is 2.07. The molecule has 0 bridgehead atoms. The molecule has 18 heavy (non-hydrogen) atoms. The van der Waals surface area contributed by atoms with Crippen molar-refractivity contribution >= 4 is 17.5 Å². The third kappa shape index (κ3) is 3.85. The van der Waals surface area contributed by atoms with Crippen molar-refractivity contribution in [1.82, 2.24) is 15.1 Å². The SMILES string of the molecule is CNC(=O)Cn1cc(NC(=O)[C@@H](N)C(C)C)cn1. The van der Waals surface area contributed by atoms with Crippen molar-refractivity contribution in [3.05, 3.63) is 12.4 Å². The van der Waals surface area contributed by atoms with E-state index in [1.165, 1.54) is 10.9 Å². The molecule has 0 fully saturated rings. The smallest absolute Gasteiger partial charge is 0.241 e. The predicted molar refractivity (Wildman–Crippen MR) is 67.7 cm³/mol. The van der Waals surface area contributed by atoms with Crippen molar-refractivity contribution in [1.29, 1.82) is 0 Å². The second-order valence-electron chi connectivity index (χ2n) is 4.36. The second-order valence-corrected chi connectivity index (χ2v) is 4.36. The van der Waals surface area contributed by atoms with Gasteiger partial charge in [0.15, 0.2) is 0 Å². The summed E-state index contributed by atoms with van der Waals surface area (Å²) in [5.74, 6) is -0.356. The number of aromatic nitrogens is 2. The molecule has 0 aliphatic heterocycles. The zero-order chi connectivity index (χ0) is 13.7. The van der Waals surface area contributed by atoms with E-state index >= 15 is 0 Å². The van der Waals surface area contributed by atoms with Gasteiger partial charge in [-0.15, -0.1) is 0 Å². The standard InChI is InChI=1S/C11H19N5O2/c1-7(2)10(12)11(18)15-8-4-14-16(5-8)6-9(17)13-3/h4-5,7,10H,6,12H2,1-3H3,(H,13,17)(H,15,18)/t10-/m0/s1. The van der Waals surface area contributed by atoms with Gasteiger partial charge in [-0.3, -0.25) is 14.3 Å². The molecule has 0 unspecified atom stereocenters. The van der Waals surface area contributed by atoms with Crippen LogP contribution >= 0.6 is 0 Å². The molecule has 0 aliphatic carbocycles. The monoisotopic (exact) mass is 253 g/mol. The van der Waals surface area contributed by atoms with Gasteiger partial charge in [0.2, 0.25) is 11.8 Å². The number of carbonyl (C=O) groups is 2. The van der Waals surface area contributed by atoms with E-state index in [1.54, 1.807) is 13.2 Å². The first-order chi connectivity index (χ1) is 8.43. The van der Waals surface area contributed by atoms with Gasteiger partial charge in [0, 0.05) is 13.2 Å². The average Bonchev–Trinajstić information content (AvgIpc) is 2.74. The summed E-state index contributed by atoms with van der Waals surface area (Å²) in [5, 5.41) is 9.11. The van der Waals surface area contributed by atoms with Crippen LogP contribution in [0.1, 0.15) is 13.8 Å². The van der Waals surface area contributed by atoms with Crippen molar-refractivity contribution in [3.8, 4) is 0 Å². The summed E-state index contributed by atoms with van der Waals surface area (Å²) in [6.45, 7) is 3.86. The van der Waals surface area contributed by atoms with Gasteiger partial charge in [0.25, 0.3) is 0 Å². The third-order valence-corrected chi connectivity index (χ3v) is 2.51. The molecule has 0 aromatic carbocycles. The van der Waals surface area contributed by atoms with Crippen LogP contribution in [0, 0.1) is 5.92 Å². The van der Waals surface area contributed by atoms with Crippen molar-refractivity contribution in [2.24, 2.45) is 11.7 Å². The van der Waals surface area contributed by atoms with Crippen molar-refractivity contribution in [2.75, 3.05) is 12.4 Å². The van der Waals surface area contributed by atoms with Crippen LogP contribution in [0.15, 0.2) is 12.4 Å². The van der Waals surface area contributed by atoms with Crippen LogP contribution in [0.4, 0.5) is 5.69 Å². The molecule has 1 atom stereocenters. The lowest BCUT2D eigenvalue weighted by Crippen LogP contribution is -2.39. The summed E-state index contributed by atoms with van der Waals surface area (Å²) in [7, 11) is 1.55. The fourth-order valence-corrected chi connectivity index (χ4v) is 1.27. The molecule has 0 saturated carbocycles. The van der Waals surface area contributed by atoms with Gasteiger partial charge in [0.1, 0.15) is 6.54 Å². The Labute approximate surface area is 106 Å². The van der Waals surface area contributed by atoms with Crippen LogP contribution in [0.2, 0.25) is 0 Å². The Morgan fingerprint density at radius 1 is 1.50 bits per heavy atom. The molecule has 2 amide bonds. The molecule has 1 aromatic rings. The summed E-state index contributed by atoms with van der Waals surface area (Å²) in [6, 6.07) is -0.563. The lowest BCUT2D eigenvalue weighted by Gasteiger charge is -2.14. The molecule has 0 spiro atoms. The van der Waals surface area contributed by atoms with E-state index < -0.39 is 6.04 Å². The van der Waals surface area contributed by atoms with Crippen LogP contribution < -0.4 is 16.4 Å². The van der Waals surface area contributed by atoms with Crippen molar-refractivity contribution in [3.63, 3.8) is 0 Å². The number of rotatable bonds is 5. The average molecular weight is 253 g/mol. The minimum Gasteiger partial charge on any atom is -0.358 e. The van der Waals surface area contributed by atoms with Gasteiger partial charge in [-0.25, -0.2) is 0 Å². The topological polar surface area (TPSA) is 102 Å². The van der Waals surface area contributed by atoms with E-state index in [0.717, 1.165) is 0 Å². The summed E-state index contributed by atoms with van der Waals surface area (Å²) < 4.78 is 1.44. The zero-order valence-corrected chi connectivity index (χ0v) is 10.8. The molecule has 0 aliphatic rings. The molecule has 7 heteroatoms. The van der Waals surface area contributed by atoms with Gasteiger partial charge in [-0.05, 0) is 5.92 Å². The van der Waals surface area contributed by atoms with Gasteiger partial charge >= 0.3 is 0 Å². The fraction of sp³-hybridized carbons (Fsp3) is 0.545.